The molecule has 2 aromatic rings. The Kier molecular flexibility index (Phi) is 3.18. The quantitative estimate of drug-likeness (QED) is 0.804. The van der Waals surface area contributed by atoms with Gasteiger partial charge in [0.25, 0.3) is 0 Å². The summed E-state index contributed by atoms with van der Waals surface area (Å²) in [4.78, 5) is 3.29. The van der Waals surface area contributed by atoms with E-state index in [2.05, 4.69) is 37.0 Å². The van der Waals surface area contributed by atoms with Gasteiger partial charge in [-0.3, -0.25) is 0 Å². The number of nitrogen functional groups attached to an aromatic ring is 1. The Hall–Kier alpha value is -1.44. The highest BCUT2D eigenvalue weighted by molar-refractivity contribution is 5.91. The van der Waals surface area contributed by atoms with Gasteiger partial charge in [0.15, 0.2) is 0 Å². The van der Waals surface area contributed by atoms with Crippen molar-refractivity contribution in [2.45, 2.75) is 39.5 Å². The Morgan fingerprint density at radius 3 is 2.56 bits per heavy atom. The normalized spacial score (nSPS) is 11.1. The Balaban J connectivity index is 2.62. The van der Waals surface area contributed by atoms with Crippen LogP contribution in [0.3, 0.4) is 0 Å². The van der Waals surface area contributed by atoms with E-state index in [0.717, 1.165) is 25.1 Å². The van der Waals surface area contributed by atoms with Crippen LogP contribution < -0.4 is 5.73 Å². The number of hydrogen-bond donors (Lipinski definition) is 2. The van der Waals surface area contributed by atoms with Crippen molar-refractivity contribution in [1.29, 1.82) is 0 Å². The molecule has 1 heterocycles. The van der Waals surface area contributed by atoms with Crippen LogP contribution in [0.15, 0.2) is 18.2 Å². The highest BCUT2D eigenvalue weighted by Gasteiger charge is 2.11. The molecule has 86 valence electrons. The molecule has 0 aliphatic rings. The zero-order valence-corrected chi connectivity index (χ0v) is 10.1. The number of H-pyrrole nitrogens is 1. The lowest BCUT2D eigenvalue weighted by molar-refractivity contribution is 0.915. The lowest BCUT2D eigenvalue weighted by Crippen LogP contribution is -1.92. The number of benzene rings is 1. The van der Waals surface area contributed by atoms with Crippen molar-refractivity contribution < 1.29 is 0 Å². The SMILES string of the molecule is CCCc1cccc2[nH]c(N)c(CCC)c12. The van der Waals surface area contributed by atoms with Gasteiger partial charge < -0.3 is 10.7 Å². The maximum Gasteiger partial charge on any atom is 0.104 e. The molecular weight excluding hydrogens is 196 g/mol. The molecule has 0 atom stereocenters. The number of hydrogen-bond acceptors (Lipinski definition) is 1. The molecule has 0 amide bonds. The van der Waals surface area contributed by atoms with Crippen LogP contribution in [0.2, 0.25) is 0 Å². The molecule has 0 aliphatic carbocycles. The fraction of sp³-hybridized carbons (Fsp3) is 0.429. The number of nitrogens with one attached hydrogen (secondary N) is 1. The van der Waals surface area contributed by atoms with Crippen LogP contribution in [0.5, 0.6) is 0 Å². The predicted molar refractivity (Wildman–Crippen MR) is 70.7 cm³/mol. The number of anilines is 1. The third kappa shape index (κ3) is 1.80. The Labute approximate surface area is 96.9 Å². The Bertz CT molecular complexity index is 483. The molecule has 2 heteroatoms. The van der Waals surface area contributed by atoms with Gasteiger partial charge in [-0.15, -0.1) is 0 Å². The minimum absolute atomic E-state index is 0.848. The number of rotatable bonds is 4. The summed E-state index contributed by atoms with van der Waals surface area (Å²) in [7, 11) is 0. The number of aromatic nitrogens is 1. The predicted octanol–water partition coefficient (Wildman–Crippen LogP) is 3.66. The van der Waals surface area contributed by atoms with Gasteiger partial charge in [-0.05, 0) is 24.5 Å². The summed E-state index contributed by atoms with van der Waals surface area (Å²) < 4.78 is 0. The topological polar surface area (TPSA) is 41.8 Å². The lowest BCUT2D eigenvalue weighted by atomic mass is 10.00. The first kappa shape index (κ1) is 11.1. The molecule has 0 bridgehead atoms. The second kappa shape index (κ2) is 4.60. The van der Waals surface area contributed by atoms with Crippen molar-refractivity contribution in [2.75, 3.05) is 5.73 Å². The molecule has 0 aliphatic heterocycles. The van der Waals surface area contributed by atoms with Crippen LogP contribution >= 0.6 is 0 Å². The third-order valence-electron chi connectivity index (χ3n) is 3.07. The molecule has 0 spiro atoms. The average Bonchev–Trinajstić information content (AvgIpc) is 2.58. The summed E-state index contributed by atoms with van der Waals surface area (Å²) in [5.74, 6) is 0.848. The molecule has 1 aromatic carbocycles. The van der Waals surface area contributed by atoms with Gasteiger partial charge in [0.1, 0.15) is 5.82 Å². The zero-order valence-electron chi connectivity index (χ0n) is 10.1. The number of aromatic amines is 1. The molecule has 2 nitrogen and oxygen atoms in total. The fourth-order valence-corrected chi connectivity index (χ4v) is 2.40. The van der Waals surface area contributed by atoms with E-state index in [4.69, 9.17) is 5.73 Å². The minimum atomic E-state index is 0.848. The van der Waals surface area contributed by atoms with Crippen LogP contribution in [0.25, 0.3) is 10.9 Å². The molecular formula is C14H20N2. The maximum atomic E-state index is 6.05. The second-order valence-electron chi connectivity index (χ2n) is 4.36. The first-order valence-corrected chi connectivity index (χ1v) is 6.15. The van der Waals surface area contributed by atoms with Gasteiger partial charge in [0, 0.05) is 16.5 Å². The standard InChI is InChI=1S/C14H20N2/c1-3-6-10-8-5-9-12-13(10)11(7-4-2)14(15)16-12/h5,8-9,16H,3-4,6-7,15H2,1-2H3. The maximum absolute atomic E-state index is 6.05. The third-order valence-corrected chi connectivity index (χ3v) is 3.07. The highest BCUT2D eigenvalue weighted by atomic mass is 14.9. The molecule has 1 aromatic heterocycles. The van der Waals surface area contributed by atoms with Gasteiger partial charge >= 0.3 is 0 Å². The summed E-state index contributed by atoms with van der Waals surface area (Å²) in [6.07, 6.45) is 4.51. The Morgan fingerprint density at radius 1 is 1.12 bits per heavy atom. The minimum Gasteiger partial charge on any atom is -0.385 e. The van der Waals surface area contributed by atoms with Crippen molar-refractivity contribution in [1.82, 2.24) is 4.98 Å². The van der Waals surface area contributed by atoms with Gasteiger partial charge in [-0.2, -0.15) is 0 Å². The Morgan fingerprint density at radius 2 is 1.88 bits per heavy atom. The number of nitrogens with two attached hydrogens (primary N) is 1. The molecule has 0 saturated carbocycles. The molecule has 2 rings (SSSR count). The van der Waals surface area contributed by atoms with Crippen LogP contribution in [-0.4, -0.2) is 4.98 Å². The van der Waals surface area contributed by atoms with E-state index in [1.165, 1.54) is 28.5 Å². The first-order valence-electron chi connectivity index (χ1n) is 6.15. The van der Waals surface area contributed by atoms with E-state index in [9.17, 15) is 0 Å². The fourth-order valence-electron chi connectivity index (χ4n) is 2.40. The van der Waals surface area contributed by atoms with E-state index in [1.807, 2.05) is 0 Å². The summed E-state index contributed by atoms with van der Waals surface area (Å²) >= 11 is 0. The van der Waals surface area contributed by atoms with Crippen LogP contribution in [0.4, 0.5) is 5.82 Å². The van der Waals surface area contributed by atoms with E-state index < -0.39 is 0 Å². The van der Waals surface area contributed by atoms with Crippen molar-refractivity contribution in [3.8, 4) is 0 Å². The monoisotopic (exact) mass is 216 g/mol. The van der Waals surface area contributed by atoms with E-state index in [0.29, 0.717) is 0 Å². The van der Waals surface area contributed by atoms with Gasteiger partial charge in [0.2, 0.25) is 0 Å². The second-order valence-corrected chi connectivity index (χ2v) is 4.36. The smallest absolute Gasteiger partial charge is 0.104 e. The zero-order chi connectivity index (χ0) is 11.5. The van der Waals surface area contributed by atoms with Crippen molar-refractivity contribution in [3.63, 3.8) is 0 Å². The molecule has 16 heavy (non-hydrogen) atoms. The van der Waals surface area contributed by atoms with E-state index in [-0.39, 0.29) is 0 Å². The largest absolute Gasteiger partial charge is 0.385 e. The first-order chi connectivity index (χ1) is 7.77. The lowest BCUT2D eigenvalue weighted by Gasteiger charge is -2.04. The van der Waals surface area contributed by atoms with Gasteiger partial charge in [0.05, 0.1) is 0 Å². The molecule has 0 radical (unpaired) electrons. The molecule has 0 unspecified atom stereocenters. The molecule has 0 saturated heterocycles. The van der Waals surface area contributed by atoms with Crippen LogP contribution in [-0.2, 0) is 12.8 Å². The van der Waals surface area contributed by atoms with Crippen molar-refractivity contribution >= 4 is 16.7 Å². The summed E-state index contributed by atoms with van der Waals surface area (Å²) in [5.41, 5.74) is 9.97. The van der Waals surface area contributed by atoms with Crippen molar-refractivity contribution in [2.24, 2.45) is 0 Å². The summed E-state index contributed by atoms with van der Waals surface area (Å²) in [5, 5.41) is 1.36. The summed E-state index contributed by atoms with van der Waals surface area (Å²) in [6.45, 7) is 4.41. The van der Waals surface area contributed by atoms with E-state index in [1.54, 1.807) is 0 Å². The van der Waals surface area contributed by atoms with Crippen molar-refractivity contribution in [3.05, 3.63) is 29.3 Å². The average molecular weight is 216 g/mol. The number of fused-ring (bicyclic) bond motifs is 1. The molecule has 3 N–H and O–H groups in total. The van der Waals surface area contributed by atoms with Crippen LogP contribution in [0, 0.1) is 0 Å². The highest BCUT2D eigenvalue weighted by Crippen LogP contribution is 2.29. The van der Waals surface area contributed by atoms with Crippen LogP contribution in [0.1, 0.15) is 37.8 Å². The summed E-state index contributed by atoms with van der Waals surface area (Å²) in [6, 6.07) is 6.45. The number of aryl methyl sites for hydroxylation is 2. The molecule has 0 fully saturated rings. The van der Waals surface area contributed by atoms with Gasteiger partial charge in [-0.25, -0.2) is 0 Å². The van der Waals surface area contributed by atoms with Gasteiger partial charge in [-0.1, -0.05) is 38.8 Å². The van der Waals surface area contributed by atoms with E-state index >= 15 is 0 Å².